The van der Waals surface area contributed by atoms with Crippen molar-refractivity contribution in [2.45, 2.75) is 6.92 Å². The van der Waals surface area contributed by atoms with Gasteiger partial charge in [0.25, 0.3) is 0 Å². The first-order valence-corrected chi connectivity index (χ1v) is 11.4. The molecule has 158 valence electrons. The lowest BCUT2D eigenvalue weighted by atomic mass is 10.2. The van der Waals surface area contributed by atoms with Gasteiger partial charge in [0.05, 0.1) is 5.39 Å². The molecule has 1 aromatic carbocycles. The van der Waals surface area contributed by atoms with E-state index in [4.69, 9.17) is 4.98 Å². The molecule has 0 aliphatic carbocycles. The number of piperazine rings is 1. The molecule has 31 heavy (non-hydrogen) atoms. The second kappa shape index (κ2) is 8.87. The van der Waals surface area contributed by atoms with E-state index in [1.165, 1.54) is 5.69 Å². The van der Waals surface area contributed by atoms with E-state index in [1.807, 2.05) is 29.6 Å². The number of likely N-dealkylation sites (N-methyl/N-ethyl adjacent to an activating group) is 1. The summed E-state index contributed by atoms with van der Waals surface area (Å²) in [6.07, 6.45) is 1.76. The number of pyridine rings is 1. The van der Waals surface area contributed by atoms with Gasteiger partial charge in [0.1, 0.15) is 16.5 Å². The highest BCUT2D eigenvalue weighted by Gasteiger charge is 2.16. The van der Waals surface area contributed by atoms with E-state index in [-0.39, 0.29) is 0 Å². The molecule has 1 fully saturated rings. The van der Waals surface area contributed by atoms with Crippen molar-refractivity contribution >= 4 is 50.5 Å². The maximum Gasteiger partial charge on any atom is 0.230 e. The van der Waals surface area contributed by atoms with Crippen LogP contribution in [0.3, 0.4) is 0 Å². The number of benzene rings is 1. The first-order chi connectivity index (χ1) is 15.3. The van der Waals surface area contributed by atoms with E-state index in [2.05, 4.69) is 61.6 Å². The Morgan fingerprint density at radius 2 is 1.77 bits per heavy atom. The van der Waals surface area contributed by atoms with Crippen LogP contribution in [0.15, 0.2) is 60.1 Å². The zero-order valence-corrected chi connectivity index (χ0v) is 18.3. The Labute approximate surface area is 185 Å². The average Bonchev–Trinajstić information content (AvgIpc) is 3.29. The van der Waals surface area contributed by atoms with Crippen molar-refractivity contribution < 1.29 is 0 Å². The van der Waals surface area contributed by atoms with E-state index >= 15 is 0 Å². The van der Waals surface area contributed by atoms with Gasteiger partial charge in [-0.1, -0.05) is 13.0 Å². The van der Waals surface area contributed by atoms with Crippen LogP contribution in [0.5, 0.6) is 0 Å². The molecule has 0 atom stereocenters. The fourth-order valence-corrected chi connectivity index (χ4v) is 4.54. The van der Waals surface area contributed by atoms with E-state index in [0.29, 0.717) is 5.95 Å². The van der Waals surface area contributed by atoms with Gasteiger partial charge in [-0.2, -0.15) is 4.98 Å². The normalized spacial score (nSPS) is 14.7. The third kappa shape index (κ3) is 4.45. The van der Waals surface area contributed by atoms with Crippen LogP contribution in [0.25, 0.3) is 10.2 Å². The largest absolute Gasteiger partial charge is 0.369 e. The molecule has 5 rings (SSSR count). The molecule has 1 aliphatic rings. The minimum absolute atomic E-state index is 0.567. The Morgan fingerprint density at radius 3 is 2.52 bits per heavy atom. The summed E-state index contributed by atoms with van der Waals surface area (Å²) < 4.78 is 0. The fraction of sp³-hybridized carbons (Fsp3) is 0.261. The molecule has 8 heteroatoms. The number of rotatable bonds is 6. The highest BCUT2D eigenvalue weighted by atomic mass is 32.1. The van der Waals surface area contributed by atoms with E-state index in [1.54, 1.807) is 17.5 Å². The number of hydrogen-bond acceptors (Lipinski definition) is 8. The summed E-state index contributed by atoms with van der Waals surface area (Å²) >= 11 is 1.60. The van der Waals surface area contributed by atoms with Crippen LogP contribution in [0.4, 0.5) is 29.0 Å². The van der Waals surface area contributed by atoms with Crippen LogP contribution in [0.1, 0.15) is 6.92 Å². The summed E-state index contributed by atoms with van der Waals surface area (Å²) in [5.74, 6) is 2.07. The molecule has 0 spiro atoms. The lowest BCUT2D eigenvalue weighted by molar-refractivity contribution is 0.271. The lowest BCUT2D eigenvalue weighted by Gasteiger charge is -2.35. The third-order valence-corrected chi connectivity index (χ3v) is 6.35. The van der Waals surface area contributed by atoms with Crippen molar-refractivity contribution in [3.63, 3.8) is 0 Å². The zero-order chi connectivity index (χ0) is 21.0. The number of nitrogens with one attached hydrogen (secondary N) is 2. The van der Waals surface area contributed by atoms with E-state index < -0.39 is 0 Å². The molecule has 1 aliphatic heterocycles. The number of nitrogens with zero attached hydrogens (tertiary/aromatic N) is 5. The highest BCUT2D eigenvalue weighted by Crippen LogP contribution is 2.29. The predicted octanol–water partition coefficient (Wildman–Crippen LogP) is 4.72. The molecule has 3 aromatic heterocycles. The van der Waals surface area contributed by atoms with Gasteiger partial charge >= 0.3 is 0 Å². The maximum atomic E-state index is 4.71. The smallest absolute Gasteiger partial charge is 0.230 e. The molecule has 2 N–H and O–H groups in total. The summed E-state index contributed by atoms with van der Waals surface area (Å²) in [7, 11) is 0. The van der Waals surface area contributed by atoms with E-state index in [0.717, 1.165) is 60.3 Å². The predicted molar refractivity (Wildman–Crippen MR) is 129 cm³/mol. The summed E-state index contributed by atoms with van der Waals surface area (Å²) in [6, 6.07) is 16.3. The van der Waals surface area contributed by atoms with Crippen LogP contribution in [-0.2, 0) is 0 Å². The Morgan fingerprint density at radius 1 is 0.935 bits per heavy atom. The van der Waals surface area contributed by atoms with Crippen LogP contribution in [0, 0.1) is 0 Å². The SMILES string of the molecule is CCN1CCN(c2ccc(Nc3nc(Nc4ccccn4)c4ccsc4n3)cc2)CC1. The van der Waals surface area contributed by atoms with Crippen LogP contribution in [-0.4, -0.2) is 52.6 Å². The molecule has 1 saturated heterocycles. The highest BCUT2D eigenvalue weighted by molar-refractivity contribution is 7.16. The minimum Gasteiger partial charge on any atom is -0.369 e. The van der Waals surface area contributed by atoms with Gasteiger partial charge < -0.3 is 20.4 Å². The first kappa shape index (κ1) is 19.7. The Hall–Kier alpha value is -3.23. The van der Waals surface area contributed by atoms with Gasteiger partial charge in [0.2, 0.25) is 5.95 Å². The number of aromatic nitrogens is 3. The molecule has 0 unspecified atom stereocenters. The lowest BCUT2D eigenvalue weighted by Crippen LogP contribution is -2.46. The minimum atomic E-state index is 0.567. The van der Waals surface area contributed by atoms with E-state index in [9.17, 15) is 0 Å². The van der Waals surface area contributed by atoms with Crippen molar-refractivity contribution in [2.24, 2.45) is 0 Å². The maximum absolute atomic E-state index is 4.71. The monoisotopic (exact) mass is 431 g/mol. The molecule has 0 saturated carbocycles. The Kier molecular flexibility index (Phi) is 5.64. The van der Waals surface area contributed by atoms with Gasteiger partial charge in [-0.25, -0.2) is 9.97 Å². The standard InChI is InChI=1S/C23H25N7S/c1-2-29-12-14-30(15-13-29)18-8-6-17(7-9-18)25-23-27-21(19-10-16-31-22(19)28-23)26-20-5-3-4-11-24-20/h3-11,16H,2,12-15H2,1H3,(H2,24,25,26,27,28). The topological polar surface area (TPSA) is 69.2 Å². The second-order valence-corrected chi connectivity index (χ2v) is 8.36. The van der Waals surface area contributed by atoms with Crippen molar-refractivity contribution in [1.82, 2.24) is 19.9 Å². The zero-order valence-electron chi connectivity index (χ0n) is 17.5. The Balaban J connectivity index is 1.33. The van der Waals surface area contributed by atoms with Crippen LogP contribution >= 0.6 is 11.3 Å². The fourth-order valence-electron chi connectivity index (χ4n) is 3.77. The second-order valence-electron chi connectivity index (χ2n) is 7.47. The molecular weight excluding hydrogens is 406 g/mol. The number of anilines is 5. The van der Waals surface area contributed by atoms with Crippen LogP contribution < -0.4 is 15.5 Å². The molecule has 0 radical (unpaired) electrons. The van der Waals surface area contributed by atoms with Gasteiger partial charge in [0.15, 0.2) is 0 Å². The molecular formula is C23H25N7S. The molecule has 4 heterocycles. The average molecular weight is 432 g/mol. The number of hydrogen-bond donors (Lipinski definition) is 2. The van der Waals surface area contributed by atoms with Gasteiger partial charge in [-0.15, -0.1) is 11.3 Å². The first-order valence-electron chi connectivity index (χ1n) is 10.6. The van der Waals surface area contributed by atoms with Gasteiger partial charge in [-0.3, -0.25) is 0 Å². The van der Waals surface area contributed by atoms with Crippen molar-refractivity contribution in [2.75, 3.05) is 48.3 Å². The summed E-state index contributed by atoms with van der Waals surface area (Å²) in [5.41, 5.74) is 2.23. The Bertz CT molecular complexity index is 1140. The summed E-state index contributed by atoms with van der Waals surface area (Å²) in [6.45, 7) is 7.74. The number of thiophene rings is 1. The summed E-state index contributed by atoms with van der Waals surface area (Å²) in [4.78, 5) is 19.6. The molecule has 4 aromatic rings. The molecule has 7 nitrogen and oxygen atoms in total. The molecule has 0 bridgehead atoms. The van der Waals surface area contributed by atoms with Crippen molar-refractivity contribution in [3.05, 3.63) is 60.1 Å². The van der Waals surface area contributed by atoms with Crippen LogP contribution in [0.2, 0.25) is 0 Å². The number of fused-ring (bicyclic) bond motifs is 1. The van der Waals surface area contributed by atoms with Crippen molar-refractivity contribution in [3.8, 4) is 0 Å². The quantitative estimate of drug-likeness (QED) is 0.458. The van der Waals surface area contributed by atoms with Gasteiger partial charge in [0, 0.05) is 43.8 Å². The van der Waals surface area contributed by atoms with Crippen molar-refractivity contribution in [1.29, 1.82) is 0 Å². The molecule has 0 amide bonds. The summed E-state index contributed by atoms with van der Waals surface area (Å²) in [5, 5.41) is 9.69. The van der Waals surface area contributed by atoms with Gasteiger partial charge in [-0.05, 0) is 54.4 Å². The third-order valence-electron chi connectivity index (χ3n) is 5.54.